The summed E-state index contributed by atoms with van der Waals surface area (Å²) in [7, 11) is 3.21. The highest BCUT2D eigenvalue weighted by Gasteiger charge is 2.11. The maximum absolute atomic E-state index is 10.2. The molecule has 0 radical (unpaired) electrons. The molecular weight excluding hydrogens is 266 g/mol. The van der Waals surface area contributed by atoms with Crippen molar-refractivity contribution >= 4 is 0 Å². The Hall–Kier alpha value is -1.26. The van der Waals surface area contributed by atoms with Gasteiger partial charge in [-0.1, -0.05) is 32.3 Å². The lowest BCUT2D eigenvalue weighted by Gasteiger charge is -2.14. The molecule has 120 valence electrons. The van der Waals surface area contributed by atoms with E-state index in [0.717, 1.165) is 18.7 Å². The number of nitrogens with one attached hydrogen (secondary N) is 1. The summed E-state index contributed by atoms with van der Waals surface area (Å²) in [5.74, 6) is 1.34. The van der Waals surface area contributed by atoms with Gasteiger partial charge >= 0.3 is 0 Å². The molecule has 0 bridgehead atoms. The van der Waals surface area contributed by atoms with Gasteiger partial charge in [0.15, 0.2) is 11.5 Å². The van der Waals surface area contributed by atoms with Gasteiger partial charge in [0.1, 0.15) is 0 Å². The van der Waals surface area contributed by atoms with Crippen LogP contribution in [0.15, 0.2) is 18.2 Å². The molecule has 1 aromatic carbocycles. The molecule has 0 aliphatic carbocycles. The summed E-state index contributed by atoms with van der Waals surface area (Å²) < 4.78 is 10.5. The summed E-state index contributed by atoms with van der Waals surface area (Å²) in [6.07, 6.45) is 5.27. The van der Waals surface area contributed by atoms with E-state index >= 15 is 0 Å². The average molecular weight is 295 g/mol. The monoisotopic (exact) mass is 295 g/mol. The van der Waals surface area contributed by atoms with Gasteiger partial charge in [-0.15, -0.1) is 0 Å². The third-order valence-corrected chi connectivity index (χ3v) is 3.59. The van der Waals surface area contributed by atoms with Crippen molar-refractivity contribution < 1.29 is 14.6 Å². The van der Waals surface area contributed by atoms with Crippen molar-refractivity contribution in [2.24, 2.45) is 0 Å². The smallest absolute Gasteiger partial charge is 0.161 e. The summed E-state index contributed by atoms with van der Waals surface area (Å²) in [4.78, 5) is 0. The largest absolute Gasteiger partial charge is 0.493 e. The number of aliphatic hydroxyl groups excluding tert-OH is 1. The van der Waals surface area contributed by atoms with E-state index in [-0.39, 0.29) is 0 Å². The maximum atomic E-state index is 10.2. The van der Waals surface area contributed by atoms with E-state index in [2.05, 4.69) is 12.2 Å². The van der Waals surface area contributed by atoms with Crippen LogP contribution in [0.3, 0.4) is 0 Å². The van der Waals surface area contributed by atoms with Crippen molar-refractivity contribution in [3.63, 3.8) is 0 Å². The minimum atomic E-state index is -0.479. The van der Waals surface area contributed by atoms with Gasteiger partial charge in [0.05, 0.1) is 20.3 Å². The molecule has 0 aliphatic heterocycles. The fraction of sp³-hybridized carbons (Fsp3) is 0.647. The minimum Gasteiger partial charge on any atom is -0.493 e. The molecule has 1 rings (SSSR count). The van der Waals surface area contributed by atoms with Gasteiger partial charge in [-0.3, -0.25) is 0 Å². The van der Waals surface area contributed by atoms with Gasteiger partial charge in [0.25, 0.3) is 0 Å². The van der Waals surface area contributed by atoms with Gasteiger partial charge in [0.2, 0.25) is 0 Å². The third-order valence-electron chi connectivity index (χ3n) is 3.59. The Morgan fingerprint density at radius 2 is 1.81 bits per heavy atom. The first-order valence-electron chi connectivity index (χ1n) is 7.83. The molecule has 0 saturated carbocycles. The predicted octanol–water partition coefficient (Wildman–Crippen LogP) is 3.30. The normalized spacial score (nSPS) is 12.2. The molecule has 1 atom stereocenters. The Kier molecular flexibility index (Phi) is 8.87. The van der Waals surface area contributed by atoms with Crippen LogP contribution in [0.25, 0.3) is 0 Å². The predicted molar refractivity (Wildman–Crippen MR) is 86.1 cm³/mol. The highest BCUT2D eigenvalue weighted by Crippen LogP contribution is 2.30. The van der Waals surface area contributed by atoms with Crippen LogP contribution in [0, 0.1) is 0 Å². The fourth-order valence-corrected chi connectivity index (χ4v) is 2.27. The van der Waals surface area contributed by atoms with Crippen LogP contribution in [0.4, 0.5) is 0 Å². The second-order valence-corrected chi connectivity index (χ2v) is 5.23. The molecular formula is C17H29NO3. The van der Waals surface area contributed by atoms with Crippen molar-refractivity contribution in [2.45, 2.75) is 45.1 Å². The van der Waals surface area contributed by atoms with Gasteiger partial charge < -0.3 is 19.9 Å². The molecule has 0 fully saturated rings. The molecule has 4 nitrogen and oxygen atoms in total. The molecule has 21 heavy (non-hydrogen) atoms. The molecule has 0 amide bonds. The van der Waals surface area contributed by atoms with Crippen molar-refractivity contribution in [2.75, 3.05) is 27.3 Å². The van der Waals surface area contributed by atoms with Crippen molar-refractivity contribution in [1.29, 1.82) is 0 Å². The van der Waals surface area contributed by atoms with Crippen LogP contribution in [-0.4, -0.2) is 32.4 Å². The van der Waals surface area contributed by atoms with E-state index in [1.807, 2.05) is 18.2 Å². The van der Waals surface area contributed by atoms with Crippen LogP contribution in [-0.2, 0) is 0 Å². The SMILES string of the molecule is CCCCCCNCCC(O)c1ccc(OC)c(OC)c1. The fourth-order valence-electron chi connectivity index (χ4n) is 2.27. The molecule has 2 N–H and O–H groups in total. The number of unbranched alkanes of at least 4 members (excludes halogenated alkanes) is 3. The Bertz CT molecular complexity index is 396. The first-order chi connectivity index (χ1) is 10.2. The van der Waals surface area contributed by atoms with Crippen LogP contribution in [0.5, 0.6) is 11.5 Å². The summed E-state index contributed by atoms with van der Waals surface area (Å²) in [5, 5.41) is 13.6. The number of benzene rings is 1. The number of aliphatic hydroxyl groups is 1. The Morgan fingerprint density at radius 1 is 1.05 bits per heavy atom. The zero-order valence-electron chi connectivity index (χ0n) is 13.5. The number of hydrogen-bond donors (Lipinski definition) is 2. The number of rotatable bonds is 11. The second kappa shape index (κ2) is 10.5. The standard InChI is InChI=1S/C17H29NO3/c1-4-5-6-7-11-18-12-10-15(19)14-8-9-16(20-2)17(13-14)21-3/h8-9,13,15,18-19H,4-7,10-12H2,1-3H3. The lowest BCUT2D eigenvalue weighted by atomic mass is 10.1. The summed E-state index contributed by atoms with van der Waals surface area (Å²) in [6, 6.07) is 5.55. The molecule has 1 aromatic rings. The minimum absolute atomic E-state index is 0.479. The first kappa shape index (κ1) is 17.8. The Balaban J connectivity index is 2.33. The lowest BCUT2D eigenvalue weighted by molar-refractivity contribution is 0.166. The van der Waals surface area contributed by atoms with Crippen molar-refractivity contribution in [1.82, 2.24) is 5.32 Å². The van der Waals surface area contributed by atoms with Gasteiger partial charge in [-0.05, 0) is 43.6 Å². The lowest BCUT2D eigenvalue weighted by Crippen LogP contribution is -2.18. The van der Waals surface area contributed by atoms with E-state index < -0.39 is 6.10 Å². The summed E-state index contributed by atoms with van der Waals surface area (Å²) in [6.45, 7) is 4.06. The molecule has 0 heterocycles. The zero-order valence-corrected chi connectivity index (χ0v) is 13.5. The molecule has 0 aromatic heterocycles. The molecule has 1 unspecified atom stereocenters. The second-order valence-electron chi connectivity index (χ2n) is 5.23. The number of ether oxygens (including phenoxy) is 2. The molecule has 4 heteroatoms. The number of hydrogen-bond acceptors (Lipinski definition) is 4. The van der Waals surface area contributed by atoms with Crippen LogP contribution < -0.4 is 14.8 Å². The van der Waals surface area contributed by atoms with Crippen molar-refractivity contribution in [3.8, 4) is 11.5 Å². The van der Waals surface area contributed by atoms with Crippen molar-refractivity contribution in [3.05, 3.63) is 23.8 Å². The van der Waals surface area contributed by atoms with E-state index in [4.69, 9.17) is 9.47 Å². The van der Waals surface area contributed by atoms with E-state index in [1.54, 1.807) is 14.2 Å². The zero-order chi connectivity index (χ0) is 15.5. The molecule has 0 saturated heterocycles. The highest BCUT2D eigenvalue weighted by atomic mass is 16.5. The average Bonchev–Trinajstić information content (AvgIpc) is 2.53. The third kappa shape index (κ3) is 6.36. The quantitative estimate of drug-likeness (QED) is 0.615. The van der Waals surface area contributed by atoms with Crippen LogP contribution >= 0.6 is 0 Å². The van der Waals surface area contributed by atoms with Gasteiger partial charge in [-0.25, -0.2) is 0 Å². The van der Waals surface area contributed by atoms with E-state index in [1.165, 1.54) is 25.7 Å². The van der Waals surface area contributed by atoms with Crippen LogP contribution in [0.2, 0.25) is 0 Å². The highest BCUT2D eigenvalue weighted by molar-refractivity contribution is 5.43. The molecule has 0 aliphatic rings. The molecule has 0 spiro atoms. The summed E-state index contributed by atoms with van der Waals surface area (Å²) in [5.41, 5.74) is 0.862. The summed E-state index contributed by atoms with van der Waals surface area (Å²) >= 11 is 0. The van der Waals surface area contributed by atoms with Crippen LogP contribution in [0.1, 0.15) is 50.7 Å². The van der Waals surface area contributed by atoms with E-state index in [9.17, 15) is 5.11 Å². The maximum Gasteiger partial charge on any atom is 0.161 e. The first-order valence-corrected chi connectivity index (χ1v) is 7.83. The van der Waals surface area contributed by atoms with Gasteiger partial charge in [-0.2, -0.15) is 0 Å². The Morgan fingerprint density at radius 3 is 2.48 bits per heavy atom. The Labute approximate surface area is 128 Å². The topological polar surface area (TPSA) is 50.7 Å². The van der Waals surface area contributed by atoms with E-state index in [0.29, 0.717) is 17.9 Å². The van der Waals surface area contributed by atoms with Gasteiger partial charge in [0, 0.05) is 0 Å². The number of methoxy groups -OCH3 is 2.